The Labute approximate surface area is 101 Å². The Balaban J connectivity index is 2.08. The molecule has 3 atom stereocenters. The van der Waals surface area contributed by atoms with Gasteiger partial charge in [-0.15, -0.1) is 0 Å². The van der Waals surface area contributed by atoms with E-state index in [1.165, 1.54) is 32.1 Å². The molecule has 0 aromatic carbocycles. The van der Waals surface area contributed by atoms with Crippen LogP contribution >= 0.6 is 0 Å². The number of rotatable bonds is 3. The van der Waals surface area contributed by atoms with E-state index in [4.69, 9.17) is 0 Å². The molecule has 94 valence electrons. The molecule has 2 heterocycles. The highest BCUT2D eigenvalue weighted by molar-refractivity contribution is 4.97. The van der Waals surface area contributed by atoms with Gasteiger partial charge in [0.25, 0.3) is 0 Å². The maximum atomic E-state index is 3.49. The number of nitrogens with one attached hydrogen (secondary N) is 1. The normalized spacial score (nSPS) is 37.7. The van der Waals surface area contributed by atoms with Gasteiger partial charge < -0.3 is 5.32 Å². The summed E-state index contributed by atoms with van der Waals surface area (Å²) in [6.45, 7) is 7.16. The van der Waals surface area contributed by atoms with Crippen LogP contribution < -0.4 is 5.32 Å². The third-order valence-corrected chi connectivity index (χ3v) is 4.87. The van der Waals surface area contributed by atoms with Crippen LogP contribution in [0.25, 0.3) is 0 Å². The molecule has 16 heavy (non-hydrogen) atoms. The molecule has 0 aliphatic carbocycles. The fourth-order valence-electron chi connectivity index (χ4n) is 3.66. The highest BCUT2D eigenvalue weighted by Gasteiger charge is 2.40. The quantitative estimate of drug-likeness (QED) is 0.793. The van der Waals surface area contributed by atoms with Crippen molar-refractivity contribution in [2.45, 2.75) is 77.0 Å². The van der Waals surface area contributed by atoms with Gasteiger partial charge in [0.2, 0.25) is 0 Å². The fraction of sp³-hybridized carbons (Fsp3) is 1.00. The number of fused-ring (bicyclic) bond motifs is 2. The van der Waals surface area contributed by atoms with Crippen LogP contribution in [0.3, 0.4) is 0 Å². The molecule has 2 bridgehead atoms. The van der Waals surface area contributed by atoms with Crippen molar-refractivity contribution in [2.75, 3.05) is 7.05 Å². The first-order chi connectivity index (χ1) is 7.63. The molecule has 2 heteroatoms. The van der Waals surface area contributed by atoms with Crippen LogP contribution in [0.2, 0.25) is 0 Å². The Morgan fingerprint density at radius 3 is 2.06 bits per heavy atom. The van der Waals surface area contributed by atoms with Crippen molar-refractivity contribution in [2.24, 2.45) is 5.92 Å². The van der Waals surface area contributed by atoms with E-state index in [0.717, 1.165) is 30.1 Å². The number of hydrogen-bond donors (Lipinski definition) is 1. The maximum absolute atomic E-state index is 3.49. The number of piperidine rings is 2. The second-order valence-electron chi connectivity index (χ2n) is 6.13. The molecule has 0 saturated carbocycles. The van der Waals surface area contributed by atoms with Crippen molar-refractivity contribution in [1.82, 2.24) is 10.2 Å². The topological polar surface area (TPSA) is 15.3 Å². The standard InChI is InChI=1S/C14H28N2/c1-10(2)11(3)16-13-6-5-7-14(16)9-12(8-13)15-4/h10-15H,5-9H2,1-4H3. The lowest BCUT2D eigenvalue weighted by atomic mass is 9.79. The van der Waals surface area contributed by atoms with Crippen molar-refractivity contribution in [1.29, 1.82) is 0 Å². The van der Waals surface area contributed by atoms with Crippen LogP contribution in [0.15, 0.2) is 0 Å². The SMILES string of the molecule is CNC1CC2CCCC(C1)N2C(C)C(C)C. The molecular formula is C14H28N2. The zero-order chi connectivity index (χ0) is 11.7. The van der Waals surface area contributed by atoms with Crippen LogP contribution in [-0.2, 0) is 0 Å². The summed E-state index contributed by atoms with van der Waals surface area (Å²) in [7, 11) is 2.13. The van der Waals surface area contributed by atoms with Gasteiger partial charge >= 0.3 is 0 Å². The monoisotopic (exact) mass is 224 g/mol. The molecule has 2 aliphatic rings. The van der Waals surface area contributed by atoms with Crippen LogP contribution in [-0.4, -0.2) is 36.1 Å². The second kappa shape index (κ2) is 5.05. The van der Waals surface area contributed by atoms with Gasteiger partial charge in [-0.25, -0.2) is 0 Å². The van der Waals surface area contributed by atoms with Crippen molar-refractivity contribution in [3.05, 3.63) is 0 Å². The predicted octanol–water partition coefficient (Wildman–Crippen LogP) is 2.64. The summed E-state index contributed by atoms with van der Waals surface area (Å²) < 4.78 is 0. The molecule has 1 N–H and O–H groups in total. The minimum atomic E-state index is 0.758. The molecule has 0 spiro atoms. The third kappa shape index (κ3) is 2.28. The van der Waals surface area contributed by atoms with Gasteiger partial charge in [-0.2, -0.15) is 0 Å². The fourth-order valence-corrected chi connectivity index (χ4v) is 3.66. The van der Waals surface area contributed by atoms with Gasteiger partial charge in [0, 0.05) is 24.2 Å². The summed E-state index contributed by atoms with van der Waals surface area (Å²) in [5.74, 6) is 0.786. The van der Waals surface area contributed by atoms with Gasteiger partial charge in [0.1, 0.15) is 0 Å². The van der Waals surface area contributed by atoms with Gasteiger partial charge in [-0.1, -0.05) is 20.3 Å². The summed E-state index contributed by atoms with van der Waals surface area (Å²) in [5.41, 5.74) is 0. The summed E-state index contributed by atoms with van der Waals surface area (Å²) in [4.78, 5) is 2.85. The summed E-state index contributed by atoms with van der Waals surface area (Å²) in [5, 5.41) is 3.49. The van der Waals surface area contributed by atoms with Crippen molar-refractivity contribution < 1.29 is 0 Å². The van der Waals surface area contributed by atoms with Crippen LogP contribution in [0.5, 0.6) is 0 Å². The third-order valence-electron chi connectivity index (χ3n) is 4.87. The Kier molecular flexibility index (Phi) is 3.91. The van der Waals surface area contributed by atoms with Crippen LogP contribution in [0, 0.1) is 5.92 Å². The van der Waals surface area contributed by atoms with Gasteiger partial charge in [0.15, 0.2) is 0 Å². The van der Waals surface area contributed by atoms with E-state index in [1.807, 2.05) is 0 Å². The molecule has 2 rings (SSSR count). The predicted molar refractivity (Wildman–Crippen MR) is 69.6 cm³/mol. The number of nitrogens with zero attached hydrogens (tertiary/aromatic N) is 1. The lowest BCUT2D eigenvalue weighted by Crippen LogP contribution is -2.59. The smallest absolute Gasteiger partial charge is 0.0116 e. The molecule has 0 radical (unpaired) electrons. The zero-order valence-electron chi connectivity index (χ0n) is 11.4. The van der Waals surface area contributed by atoms with Crippen molar-refractivity contribution >= 4 is 0 Å². The molecule has 2 fully saturated rings. The number of hydrogen-bond acceptors (Lipinski definition) is 2. The molecule has 0 aromatic heterocycles. The van der Waals surface area contributed by atoms with Gasteiger partial charge in [-0.3, -0.25) is 4.90 Å². The van der Waals surface area contributed by atoms with E-state index >= 15 is 0 Å². The van der Waals surface area contributed by atoms with Crippen molar-refractivity contribution in [3.8, 4) is 0 Å². The first-order valence-corrected chi connectivity index (χ1v) is 7.08. The van der Waals surface area contributed by atoms with Crippen molar-refractivity contribution in [3.63, 3.8) is 0 Å². The maximum Gasteiger partial charge on any atom is 0.0116 e. The van der Waals surface area contributed by atoms with Gasteiger partial charge in [0.05, 0.1) is 0 Å². The summed E-state index contributed by atoms with van der Waals surface area (Å²) in [6.07, 6.45) is 7.03. The molecule has 2 saturated heterocycles. The second-order valence-corrected chi connectivity index (χ2v) is 6.13. The Bertz CT molecular complexity index is 213. The molecular weight excluding hydrogens is 196 g/mol. The minimum absolute atomic E-state index is 0.758. The molecule has 3 unspecified atom stereocenters. The molecule has 0 amide bonds. The minimum Gasteiger partial charge on any atom is -0.317 e. The van der Waals surface area contributed by atoms with E-state index in [-0.39, 0.29) is 0 Å². The Morgan fingerprint density at radius 2 is 1.62 bits per heavy atom. The highest BCUT2D eigenvalue weighted by atomic mass is 15.2. The zero-order valence-corrected chi connectivity index (χ0v) is 11.4. The first kappa shape index (κ1) is 12.4. The summed E-state index contributed by atoms with van der Waals surface area (Å²) in [6, 6.07) is 3.23. The summed E-state index contributed by atoms with van der Waals surface area (Å²) >= 11 is 0. The molecule has 2 nitrogen and oxygen atoms in total. The van der Waals surface area contributed by atoms with Crippen LogP contribution in [0.4, 0.5) is 0 Å². The van der Waals surface area contributed by atoms with E-state index in [2.05, 4.69) is 38.0 Å². The average Bonchev–Trinajstić information content (AvgIpc) is 2.26. The molecule has 0 aromatic rings. The lowest BCUT2D eigenvalue weighted by Gasteiger charge is -2.52. The lowest BCUT2D eigenvalue weighted by molar-refractivity contribution is -0.0180. The van der Waals surface area contributed by atoms with E-state index in [1.54, 1.807) is 0 Å². The van der Waals surface area contributed by atoms with Crippen LogP contribution in [0.1, 0.15) is 52.9 Å². The highest BCUT2D eigenvalue weighted by Crippen LogP contribution is 2.36. The van der Waals surface area contributed by atoms with E-state index < -0.39 is 0 Å². The first-order valence-electron chi connectivity index (χ1n) is 7.08. The largest absolute Gasteiger partial charge is 0.317 e. The Morgan fingerprint density at radius 1 is 1.06 bits per heavy atom. The molecule has 2 aliphatic heterocycles. The van der Waals surface area contributed by atoms with E-state index in [9.17, 15) is 0 Å². The Hall–Kier alpha value is -0.0800. The van der Waals surface area contributed by atoms with E-state index in [0.29, 0.717) is 0 Å². The van der Waals surface area contributed by atoms with Gasteiger partial charge in [-0.05, 0) is 45.6 Å². The average molecular weight is 224 g/mol.